The zero-order valence-electron chi connectivity index (χ0n) is 9.95. The monoisotopic (exact) mass is 219 g/mol. The van der Waals surface area contributed by atoms with E-state index in [0.29, 0.717) is 12.2 Å². The largest absolute Gasteiger partial charge is 0.493 e. The van der Waals surface area contributed by atoms with Crippen molar-refractivity contribution in [1.29, 1.82) is 5.26 Å². The predicted octanol–water partition coefficient (Wildman–Crippen LogP) is 2.18. The number of aliphatic hydroxyl groups excluding tert-OH is 1. The molecule has 0 aromatic heterocycles. The molecule has 3 heteroatoms. The first-order valence-electron chi connectivity index (χ1n) is 5.33. The molecule has 3 nitrogen and oxygen atoms in total. The summed E-state index contributed by atoms with van der Waals surface area (Å²) in [5.74, 6) is 0.939. The molecule has 0 saturated heterocycles. The van der Waals surface area contributed by atoms with E-state index in [4.69, 9.17) is 15.1 Å². The standard InChI is InChI=1S/C13H17NO2/c1-9(7-15)8-16-13-10(2)4-12(6-14)5-11(13)3/h4-5,9,15H,7-8H2,1-3H3. The lowest BCUT2D eigenvalue weighted by atomic mass is 10.1. The second-order valence-corrected chi connectivity index (χ2v) is 4.15. The fourth-order valence-corrected chi connectivity index (χ4v) is 1.52. The Bertz CT molecular complexity index is 384. The van der Waals surface area contributed by atoms with Gasteiger partial charge in [-0.1, -0.05) is 6.92 Å². The molecule has 1 aromatic rings. The molecule has 0 radical (unpaired) electrons. The molecule has 0 heterocycles. The third-order valence-electron chi connectivity index (χ3n) is 2.41. The fraction of sp³-hybridized carbons (Fsp3) is 0.462. The summed E-state index contributed by atoms with van der Waals surface area (Å²) in [4.78, 5) is 0. The molecule has 0 fully saturated rings. The van der Waals surface area contributed by atoms with Gasteiger partial charge < -0.3 is 9.84 Å². The molecule has 1 atom stereocenters. The Morgan fingerprint density at radius 3 is 2.38 bits per heavy atom. The Labute approximate surface area is 96.3 Å². The maximum absolute atomic E-state index is 8.91. The molecule has 1 N–H and O–H groups in total. The second kappa shape index (κ2) is 5.53. The summed E-state index contributed by atoms with van der Waals surface area (Å²) in [6, 6.07) is 5.74. The Morgan fingerprint density at radius 2 is 1.94 bits per heavy atom. The van der Waals surface area contributed by atoms with Crippen LogP contribution in [-0.2, 0) is 0 Å². The lowest BCUT2D eigenvalue weighted by Gasteiger charge is -2.15. The van der Waals surface area contributed by atoms with Gasteiger partial charge in [0.05, 0.1) is 18.2 Å². The molecule has 1 unspecified atom stereocenters. The van der Waals surface area contributed by atoms with Crippen molar-refractivity contribution in [3.8, 4) is 11.8 Å². The highest BCUT2D eigenvalue weighted by atomic mass is 16.5. The van der Waals surface area contributed by atoms with Crippen molar-refractivity contribution < 1.29 is 9.84 Å². The van der Waals surface area contributed by atoms with Gasteiger partial charge in [0.25, 0.3) is 0 Å². The van der Waals surface area contributed by atoms with E-state index in [-0.39, 0.29) is 12.5 Å². The van der Waals surface area contributed by atoms with Gasteiger partial charge in [0, 0.05) is 12.5 Å². The highest BCUT2D eigenvalue weighted by molar-refractivity contribution is 5.47. The smallest absolute Gasteiger partial charge is 0.125 e. The van der Waals surface area contributed by atoms with Crippen LogP contribution in [0.2, 0.25) is 0 Å². The molecule has 0 aliphatic heterocycles. The third-order valence-corrected chi connectivity index (χ3v) is 2.41. The summed E-state index contributed by atoms with van der Waals surface area (Å²) in [6.45, 7) is 6.38. The molecule has 0 saturated carbocycles. The topological polar surface area (TPSA) is 53.2 Å². The van der Waals surface area contributed by atoms with Gasteiger partial charge >= 0.3 is 0 Å². The van der Waals surface area contributed by atoms with E-state index in [9.17, 15) is 0 Å². The summed E-state index contributed by atoms with van der Waals surface area (Å²) in [7, 11) is 0. The van der Waals surface area contributed by atoms with E-state index in [2.05, 4.69) is 6.07 Å². The molecule has 0 amide bonds. The van der Waals surface area contributed by atoms with Gasteiger partial charge in [-0.25, -0.2) is 0 Å². The Hall–Kier alpha value is -1.53. The fourth-order valence-electron chi connectivity index (χ4n) is 1.52. The predicted molar refractivity (Wildman–Crippen MR) is 62.4 cm³/mol. The van der Waals surface area contributed by atoms with Crippen molar-refractivity contribution in [2.24, 2.45) is 5.92 Å². The highest BCUT2D eigenvalue weighted by Gasteiger charge is 2.08. The minimum atomic E-state index is 0.119. The van der Waals surface area contributed by atoms with Crippen molar-refractivity contribution in [1.82, 2.24) is 0 Å². The lowest BCUT2D eigenvalue weighted by Crippen LogP contribution is -2.13. The number of aryl methyl sites for hydroxylation is 2. The number of benzene rings is 1. The van der Waals surface area contributed by atoms with Crippen LogP contribution in [-0.4, -0.2) is 18.3 Å². The van der Waals surface area contributed by atoms with E-state index in [1.807, 2.05) is 32.9 Å². The quantitative estimate of drug-likeness (QED) is 0.844. The molecule has 1 aromatic carbocycles. The van der Waals surface area contributed by atoms with Crippen LogP contribution in [0.15, 0.2) is 12.1 Å². The summed E-state index contributed by atoms with van der Waals surface area (Å²) >= 11 is 0. The summed E-state index contributed by atoms with van der Waals surface area (Å²) in [5.41, 5.74) is 2.57. The van der Waals surface area contributed by atoms with Crippen LogP contribution >= 0.6 is 0 Å². The van der Waals surface area contributed by atoms with Crippen molar-refractivity contribution >= 4 is 0 Å². The average molecular weight is 219 g/mol. The van der Waals surface area contributed by atoms with E-state index in [1.165, 1.54) is 0 Å². The van der Waals surface area contributed by atoms with Crippen LogP contribution in [0.25, 0.3) is 0 Å². The van der Waals surface area contributed by atoms with Crippen LogP contribution in [0.5, 0.6) is 5.75 Å². The Morgan fingerprint density at radius 1 is 1.38 bits per heavy atom. The highest BCUT2D eigenvalue weighted by Crippen LogP contribution is 2.24. The minimum absolute atomic E-state index is 0.119. The van der Waals surface area contributed by atoms with Gasteiger partial charge in [-0.3, -0.25) is 0 Å². The molecule has 86 valence electrons. The Balaban J connectivity index is 2.85. The molecule has 1 rings (SSSR count). The molecule has 0 spiro atoms. The molecule has 16 heavy (non-hydrogen) atoms. The van der Waals surface area contributed by atoms with E-state index in [1.54, 1.807) is 0 Å². The van der Waals surface area contributed by atoms with Crippen LogP contribution in [0.1, 0.15) is 23.6 Å². The Kier molecular flexibility index (Phi) is 4.33. The van der Waals surface area contributed by atoms with Gasteiger partial charge in [0.1, 0.15) is 5.75 Å². The van der Waals surface area contributed by atoms with Crippen molar-refractivity contribution in [2.45, 2.75) is 20.8 Å². The third kappa shape index (κ3) is 2.98. The van der Waals surface area contributed by atoms with Gasteiger partial charge in [-0.05, 0) is 37.1 Å². The van der Waals surface area contributed by atoms with Crippen LogP contribution in [0.4, 0.5) is 0 Å². The first kappa shape index (κ1) is 12.5. The summed E-state index contributed by atoms with van der Waals surface area (Å²) in [6.07, 6.45) is 0. The molecule has 0 aliphatic carbocycles. The first-order chi connectivity index (χ1) is 7.58. The maximum Gasteiger partial charge on any atom is 0.125 e. The van der Waals surface area contributed by atoms with Gasteiger partial charge in [0.15, 0.2) is 0 Å². The first-order valence-corrected chi connectivity index (χ1v) is 5.33. The summed E-state index contributed by atoms with van der Waals surface area (Å²) < 4.78 is 5.65. The van der Waals surface area contributed by atoms with Crippen LogP contribution in [0.3, 0.4) is 0 Å². The lowest BCUT2D eigenvalue weighted by molar-refractivity contribution is 0.173. The normalized spacial score (nSPS) is 11.9. The molecular weight excluding hydrogens is 202 g/mol. The number of nitrogens with zero attached hydrogens (tertiary/aromatic N) is 1. The maximum atomic E-state index is 8.91. The molecule has 0 aliphatic rings. The minimum Gasteiger partial charge on any atom is -0.493 e. The van der Waals surface area contributed by atoms with E-state index >= 15 is 0 Å². The number of ether oxygens (including phenoxy) is 1. The summed E-state index contributed by atoms with van der Waals surface area (Å²) in [5, 5.41) is 17.7. The number of rotatable bonds is 4. The zero-order chi connectivity index (χ0) is 12.1. The van der Waals surface area contributed by atoms with Crippen molar-refractivity contribution in [3.63, 3.8) is 0 Å². The second-order valence-electron chi connectivity index (χ2n) is 4.15. The molecule has 0 bridgehead atoms. The van der Waals surface area contributed by atoms with Crippen LogP contribution < -0.4 is 4.74 Å². The van der Waals surface area contributed by atoms with E-state index in [0.717, 1.165) is 16.9 Å². The number of aliphatic hydroxyl groups is 1. The number of hydrogen-bond acceptors (Lipinski definition) is 3. The average Bonchev–Trinajstić information content (AvgIpc) is 2.27. The van der Waals surface area contributed by atoms with Crippen molar-refractivity contribution in [3.05, 3.63) is 28.8 Å². The van der Waals surface area contributed by atoms with E-state index < -0.39 is 0 Å². The van der Waals surface area contributed by atoms with Crippen molar-refractivity contribution in [2.75, 3.05) is 13.2 Å². The zero-order valence-corrected chi connectivity index (χ0v) is 9.95. The van der Waals surface area contributed by atoms with Gasteiger partial charge in [-0.2, -0.15) is 5.26 Å². The number of hydrogen-bond donors (Lipinski definition) is 1. The van der Waals surface area contributed by atoms with Gasteiger partial charge in [-0.15, -0.1) is 0 Å². The van der Waals surface area contributed by atoms with Gasteiger partial charge in [0.2, 0.25) is 0 Å². The SMILES string of the molecule is Cc1cc(C#N)cc(C)c1OCC(C)CO. The number of nitriles is 1. The van der Waals surface area contributed by atoms with Crippen LogP contribution in [0, 0.1) is 31.1 Å². The molecular formula is C13H17NO2.